The van der Waals surface area contributed by atoms with E-state index >= 15 is 0 Å². The second-order valence-electron chi connectivity index (χ2n) is 4.10. The summed E-state index contributed by atoms with van der Waals surface area (Å²) in [5.74, 6) is 0. The molecule has 0 radical (unpaired) electrons. The van der Waals surface area contributed by atoms with Gasteiger partial charge in [-0.3, -0.25) is 4.98 Å². The molecule has 1 aliphatic rings. The Hall–Kier alpha value is -1.09. The largest absolute Gasteiger partial charge is 0.398 e. The molecule has 0 amide bonds. The van der Waals surface area contributed by atoms with Gasteiger partial charge < -0.3 is 10.5 Å². The fraction of sp³-hybridized carbons (Fsp3) is 0.583. The quantitative estimate of drug-likeness (QED) is 0.821. The molecule has 0 bridgehead atoms. The Balaban J connectivity index is 1.75. The van der Waals surface area contributed by atoms with Crippen molar-refractivity contribution in [2.24, 2.45) is 0 Å². The van der Waals surface area contributed by atoms with Gasteiger partial charge in [-0.25, -0.2) is 0 Å². The molecule has 82 valence electrons. The lowest BCUT2D eigenvalue weighted by Crippen LogP contribution is -2.05. The average molecular weight is 206 g/mol. The molecule has 0 aromatic carbocycles. The van der Waals surface area contributed by atoms with Crippen LogP contribution in [-0.2, 0) is 11.2 Å². The summed E-state index contributed by atoms with van der Waals surface area (Å²) in [5.41, 5.74) is 7.86. The van der Waals surface area contributed by atoms with Crippen molar-refractivity contribution in [3.05, 3.63) is 24.0 Å². The highest BCUT2D eigenvalue weighted by Gasteiger charge is 2.14. The van der Waals surface area contributed by atoms with Crippen molar-refractivity contribution in [3.63, 3.8) is 0 Å². The Morgan fingerprint density at radius 3 is 3.20 bits per heavy atom. The van der Waals surface area contributed by atoms with E-state index in [1.165, 1.54) is 12.8 Å². The number of anilines is 1. The molecular formula is C12H18N2O. The van der Waals surface area contributed by atoms with Crippen molar-refractivity contribution in [1.82, 2.24) is 4.98 Å². The molecule has 1 atom stereocenters. The summed E-state index contributed by atoms with van der Waals surface area (Å²) in [6.07, 6.45) is 9.84. The summed E-state index contributed by atoms with van der Waals surface area (Å²) in [7, 11) is 0. The molecule has 1 fully saturated rings. The van der Waals surface area contributed by atoms with E-state index in [1.807, 2.05) is 12.3 Å². The first-order valence-electron chi connectivity index (χ1n) is 5.66. The molecule has 0 spiro atoms. The molecule has 1 aromatic rings. The molecule has 15 heavy (non-hydrogen) atoms. The van der Waals surface area contributed by atoms with E-state index < -0.39 is 0 Å². The first-order valence-corrected chi connectivity index (χ1v) is 5.66. The minimum Gasteiger partial charge on any atom is -0.398 e. The van der Waals surface area contributed by atoms with Gasteiger partial charge in [0.1, 0.15) is 0 Å². The number of pyridine rings is 1. The first kappa shape index (κ1) is 10.4. The maximum absolute atomic E-state index is 5.84. The van der Waals surface area contributed by atoms with Gasteiger partial charge in [-0.15, -0.1) is 0 Å². The van der Waals surface area contributed by atoms with Gasteiger partial charge in [0.15, 0.2) is 0 Å². The zero-order chi connectivity index (χ0) is 10.5. The number of aryl methyl sites for hydroxylation is 1. The van der Waals surface area contributed by atoms with Crippen LogP contribution in [0, 0.1) is 0 Å². The Labute approximate surface area is 90.7 Å². The molecule has 2 heterocycles. The van der Waals surface area contributed by atoms with Crippen molar-refractivity contribution in [2.45, 2.75) is 38.2 Å². The second-order valence-corrected chi connectivity index (χ2v) is 4.10. The van der Waals surface area contributed by atoms with Gasteiger partial charge >= 0.3 is 0 Å². The summed E-state index contributed by atoms with van der Waals surface area (Å²) in [5, 5.41) is 0. The third-order valence-electron chi connectivity index (χ3n) is 2.94. The number of hydrogen-bond acceptors (Lipinski definition) is 3. The molecule has 1 saturated heterocycles. The SMILES string of the molecule is Nc1ccncc1CCCC1CCCO1. The van der Waals surface area contributed by atoms with Crippen molar-refractivity contribution < 1.29 is 4.74 Å². The third kappa shape index (κ3) is 2.93. The Morgan fingerprint density at radius 2 is 2.47 bits per heavy atom. The summed E-state index contributed by atoms with van der Waals surface area (Å²) >= 11 is 0. The number of ether oxygens (including phenoxy) is 1. The zero-order valence-electron chi connectivity index (χ0n) is 8.98. The van der Waals surface area contributed by atoms with Gasteiger partial charge in [-0.1, -0.05) is 0 Å². The third-order valence-corrected chi connectivity index (χ3v) is 2.94. The summed E-state index contributed by atoms with van der Waals surface area (Å²) in [6.45, 7) is 0.944. The van der Waals surface area contributed by atoms with E-state index in [2.05, 4.69) is 4.98 Å². The fourth-order valence-electron chi connectivity index (χ4n) is 2.04. The van der Waals surface area contributed by atoms with Crippen molar-refractivity contribution in [1.29, 1.82) is 0 Å². The van der Waals surface area contributed by atoms with E-state index in [0.29, 0.717) is 6.10 Å². The standard InChI is InChI=1S/C12H18N2O/c13-12-6-7-14-9-10(12)3-1-4-11-5-2-8-15-11/h6-7,9,11H,1-5,8H2,(H2,13,14). The highest BCUT2D eigenvalue weighted by atomic mass is 16.5. The maximum atomic E-state index is 5.84. The molecule has 2 N–H and O–H groups in total. The Bertz CT molecular complexity index is 308. The number of aromatic nitrogens is 1. The molecule has 2 rings (SSSR count). The van der Waals surface area contributed by atoms with Crippen LogP contribution in [0.5, 0.6) is 0 Å². The summed E-state index contributed by atoms with van der Waals surface area (Å²) in [6, 6.07) is 1.86. The van der Waals surface area contributed by atoms with Crippen LogP contribution in [0.3, 0.4) is 0 Å². The summed E-state index contributed by atoms with van der Waals surface area (Å²) < 4.78 is 5.57. The smallest absolute Gasteiger partial charge is 0.0576 e. The lowest BCUT2D eigenvalue weighted by atomic mass is 10.0. The Kier molecular flexibility index (Phi) is 3.56. The molecule has 3 heteroatoms. The highest BCUT2D eigenvalue weighted by Crippen LogP contribution is 2.19. The average Bonchev–Trinajstić information content (AvgIpc) is 2.74. The normalized spacial score (nSPS) is 20.7. The molecule has 0 saturated carbocycles. The van der Waals surface area contributed by atoms with Crippen LogP contribution in [-0.4, -0.2) is 17.7 Å². The number of nitrogen functional groups attached to an aromatic ring is 1. The first-order chi connectivity index (χ1) is 7.36. The van der Waals surface area contributed by atoms with Gasteiger partial charge in [0.2, 0.25) is 0 Å². The van der Waals surface area contributed by atoms with Crippen molar-refractivity contribution in [3.8, 4) is 0 Å². The number of rotatable bonds is 4. The maximum Gasteiger partial charge on any atom is 0.0576 e. The van der Waals surface area contributed by atoms with Crippen LogP contribution >= 0.6 is 0 Å². The van der Waals surface area contributed by atoms with Crippen LogP contribution in [0.2, 0.25) is 0 Å². The topological polar surface area (TPSA) is 48.1 Å². The molecule has 1 unspecified atom stereocenters. The van der Waals surface area contributed by atoms with E-state index in [4.69, 9.17) is 10.5 Å². The predicted octanol–water partition coefficient (Wildman–Crippen LogP) is 2.17. The lowest BCUT2D eigenvalue weighted by molar-refractivity contribution is 0.102. The van der Waals surface area contributed by atoms with Crippen LogP contribution in [0.4, 0.5) is 5.69 Å². The molecule has 0 aliphatic carbocycles. The van der Waals surface area contributed by atoms with E-state index in [1.54, 1.807) is 6.20 Å². The monoisotopic (exact) mass is 206 g/mol. The summed E-state index contributed by atoms with van der Waals surface area (Å²) in [4.78, 5) is 4.08. The minimum atomic E-state index is 0.489. The molecule has 1 aromatic heterocycles. The highest BCUT2D eigenvalue weighted by molar-refractivity contribution is 5.44. The van der Waals surface area contributed by atoms with Gasteiger partial charge in [-0.2, -0.15) is 0 Å². The van der Waals surface area contributed by atoms with Crippen molar-refractivity contribution in [2.75, 3.05) is 12.3 Å². The zero-order valence-corrected chi connectivity index (χ0v) is 8.98. The van der Waals surface area contributed by atoms with Gasteiger partial charge in [0.25, 0.3) is 0 Å². The van der Waals surface area contributed by atoms with Gasteiger partial charge in [-0.05, 0) is 43.7 Å². The van der Waals surface area contributed by atoms with Crippen LogP contribution < -0.4 is 5.73 Å². The number of hydrogen-bond donors (Lipinski definition) is 1. The van der Waals surface area contributed by atoms with Crippen LogP contribution in [0.25, 0.3) is 0 Å². The molecule has 1 aliphatic heterocycles. The Morgan fingerprint density at radius 1 is 1.53 bits per heavy atom. The predicted molar refractivity (Wildman–Crippen MR) is 60.6 cm³/mol. The number of nitrogens with zero attached hydrogens (tertiary/aromatic N) is 1. The van der Waals surface area contributed by atoms with Crippen molar-refractivity contribution >= 4 is 5.69 Å². The molecular weight excluding hydrogens is 188 g/mol. The van der Waals surface area contributed by atoms with Crippen LogP contribution in [0.1, 0.15) is 31.2 Å². The number of nitrogens with two attached hydrogens (primary N) is 1. The van der Waals surface area contributed by atoms with Gasteiger partial charge in [0.05, 0.1) is 6.10 Å². The van der Waals surface area contributed by atoms with E-state index in [0.717, 1.165) is 37.1 Å². The van der Waals surface area contributed by atoms with Gasteiger partial charge in [0, 0.05) is 24.7 Å². The van der Waals surface area contributed by atoms with Crippen LogP contribution in [0.15, 0.2) is 18.5 Å². The minimum absolute atomic E-state index is 0.489. The molecule has 3 nitrogen and oxygen atoms in total. The van der Waals surface area contributed by atoms with E-state index in [-0.39, 0.29) is 0 Å². The van der Waals surface area contributed by atoms with E-state index in [9.17, 15) is 0 Å². The fourth-order valence-corrected chi connectivity index (χ4v) is 2.04. The lowest BCUT2D eigenvalue weighted by Gasteiger charge is -2.09. The second kappa shape index (κ2) is 5.12.